The molecule has 1 aromatic rings. The Morgan fingerprint density at radius 3 is 2.33 bits per heavy atom. The third-order valence-electron chi connectivity index (χ3n) is 4.27. The van der Waals surface area contributed by atoms with E-state index in [4.69, 9.17) is 20.9 Å². The molecule has 0 radical (unpaired) electrons. The van der Waals surface area contributed by atoms with Gasteiger partial charge in [0.15, 0.2) is 0 Å². The summed E-state index contributed by atoms with van der Waals surface area (Å²) in [6, 6.07) is 7.18. The van der Waals surface area contributed by atoms with Crippen LogP contribution in [0.1, 0.15) is 45.5 Å². The van der Waals surface area contributed by atoms with Crippen LogP contribution in [0.3, 0.4) is 0 Å². The number of carboxylic acids is 1. The molecule has 1 fully saturated rings. The zero-order valence-electron chi connectivity index (χ0n) is 12.7. The van der Waals surface area contributed by atoms with Crippen molar-refractivity contribution in [2.75, 3.05) is 0 Å². The molecule has 0 bridgehead atoms. The van der Waals surface area contributed by atoms with Crippen LogP contribution in [0.4, 0.5) is 0 Å². The molecule has 1 unspecified atom stereocenters. The third kappa shape index (κ3) is 3.42. The van der Waals surface area contributed by atoms with Crippen LogP contribution in [-0.4, -0.2) is 29.4 Å². The van der Waals surface area contributed by atoms with Crippen molar-refractivity contribution in [1.29, 1.82) is 0 Å². The molecule has 1 heterocycles. The minimum Gasteiger partial charge on any atom is -0.481 e. The molecule has 0 saturated carbocycles. The second-order valence-electron chi connectivity index (χ2n) is 6.38. The van der Waals surface area contributed by atoms with E-state index in [-0.39, 0.29) is 6.42 Å². The van der Waals surface area contributed by atoms with Crippen molar-refractivity contribution in [3.05, 3.63) is 34.9 Å². The number of halogens is 1. The molecule has 6 heteroatoms. The van der Waals surface area contributed by atoms with Gasteiger partial charge in [-0.15, -0.1) is 0 Å². The Bertz CT molecular complexity index is 528. The van der Waals surface area contributed by atoms with Crippen LogP contribution in [0.25, 0.3) is 0 Å². The van der Waals surface area contributed by atoms with Crippen molar-refractivity contribution in [2.24, 2.45) is 0 Å². The zero-order valence-corrected chi connectivity index (χ0v) is 13.5. The van der Waals surface area contributed by atoms with Crippen molar-refractivity contribution in [3.63, 3.8) is 0 Å². The first-order chi connectivity index (χ1) is 9.62. The van der Waals surface area contributed by atoms with Crippen LogP contribution in [0.15, 0.2) is 24.3 Å². The van der Waals surface area contributed by atoms with E-state index in [1.807, 2.05) is 33.8 Å². The predicted octanol–water partition coefficient (Wildman–Crippen LogP) is 3.53. The summed E-state index contributed by atoms with van der Waals surface area (Å²) in [6.07, 6.45) is -0.0723. The van der Waals surface area contributed by atoms with Gasteiger partial charge in [0, 0.05) is 10.8 Å². The molecule has 114 valence electrons. The lowest BCUT2D eigenvalue weighted by atomic mass is 9.66. The van der Waals surface area contributed by atoms with Gasteiger partial charge in [0.05, 0.1) is 17.6 Å². The van der Waals surface area contributed by atoms with Crippen LogP contribution >= 0.6 is 11.6 Å². The Balaban J connectivity index is 2.32. The van der Waals surface area contributed by atoms with Gasteiger partial charge in [0.2, 0.25) is 0 Å². The number of benzene rings is 1. The molecule has 1 aliphatic rings. The predicted molar refractivity (Wildman–Crippen MR) is 82.5 cm³/mol. The molecule has 1 N–H and O–H groups in total. The molecular weight excluding hydrogens is 290 g/mol. The largest absolute Gasteiger partial charge is 0.481 e. The summed E-state index contributed by atoms with van der Waals surface area (Å²) in [4.78, 5) is 11.2. The smallest absolute Gasteiger partial charge is 0.466 e. The number of carboxylic acid groups (broad SMARTS) is 1. The Morgan fingerprint density at radius 1 is 1.29 bits per heavy atom. The highest BCUT2D eigenvalue weighted by Gasteiger charge is 2.54. The topological polar surface area (TPSA) is 55.8 Å². The summed E-state index contributed by atoms with van der Waals surface area (Å²) in [5, 5.41) is 9.76. The van der Waals surface area contributed by atoms with Gasteiger partial charge in [-0.2, -0.15) is 0 Å². The molecule has 1 atom stereocenters. The Morgan fingerprint density at radius 2 is 1.86 bits per heavy atom. The highest BCUT2D eigenvalue weighted by Crippen LogP contribution is 2.41. The normalized spacial score (nSPS) is 21.3. The molecule has 1 saturated heterocycles. The first-order valence-corrected chi connectivity index (χ1v) is 7.33. The van der Waals surface area contributed by atoms with Crippen LogP contribution in [0, 0.1) is 0 Å². The Kier molecular flexibility index (Phi) is 4.38. The van der Waals surface area contributed by atoms with E-state index in [1.54, 1.807) is 18.2 Å². The fraction of sp³-hybridized carbons (Fsp3) is 0.533. The monoisotopic (exact) mass is 310 g/mol. The SMILES string of the molecule is CC1(C)OB(C(CC(=O)O)c2cccc(Cl)c2)OC1(C)C. The quantitative estimate of drug-likeness (QED) is 0.864. The van der Waals surface area contributed by atoms with E-state index in [0.29, 0.717) is 5.02 Å². The molecule has 1 aromatic carbocycles. The van der Waals surface area contributed by atoms with Gasteiger partial charge in [0.25, 0.3) is 0 Å². The number of aliphatic carboxylic acids is 1. The Labute approximate surface area is 130 Å². The summed E-state index contributed by atoms with van der Waals surface area (Å²) < 4.78 is 12.0. The number of hydrogen-bond acceptors (Lipinski definition) is 3. The van der Waals surface area contributed by atoms with E-state index in [0.717, 1.165) is 5.56 Å². The average Bonchev–Trinajstić information content (AvgIpc) is 2.55. The van der Waals surface area contributed by atoms with Gasteiger partial charge < -0.3 is 14.4 Å². The average molecular weight is 311 g/mol. The maximum atomic E-state index is 11.2. The van der Waals surface area contributed by atoms with E-state index in [1.165, 1.54) is 0 Å². The van der Waals surface area contributed by atoms with Gasteiger partial charge >= 0.3 is 13.1 Å². The molecule has 0 spiro atoms. The van der Waals surface area contributed by atoms with Crippen LogP contribution < -0.4 is 0 Å². The van der Waals surface area contributed by atoms with Crippen molar-refractivity contribution < 1.29 is 19.2 Å². The van der Waals surface area contributed by atoms with Crippen molar-refractivity contribution in [2.45, 2.75) is 51.1 Å². The first kappa shape index (κ1) is 16.3. The van der Waals surface area contributed by atoms with Crippen molar-refractivity contribution >= 4 is 24.7 Å². The maximum absolute atomic E-state index is 11.2. The fourth-order valence-electron chi connectivity index (χ4n) is 2.35. The molecule has 21 heavy (non-hydrogen) atoms. The second-order valence-corrected chi connectivity index (χ2v) is 6.82. The van der Waals surface area contributed by atoms with Crippen molar-refractivity contribution in [1.82, 2.24) is 0 Å². The second kappa shape index (κ2) is 5.63. The molecule has 1 aliphatic heterocycles. The first-order valence-electron chi connectivity index (χ1n) is 6.95. The van der Waals surface area contributed by atoms with Crippen molar-refractivity contribution in [3.8, 4) is 0 Å². The van der Waals surface area contributed by atoms with E-state index in [2.05, 4.69) is 0 Å². The van der Waals surface area contributed by atoms with Crippen LogP contribution in [0.5, 0.6) is 0 Å². The minimum atomic E-state index is -0.894. The standard InChI is InChI=1S/C15H20BClO4/c1-14(2)15(3,4)21-16(20-14)12(9-13(18)19)10-6-5-7-11(17)8-10/h5-8,12H,9H2,1-4H3,(H,18,19). The lowest BCUT2D eigenvalue weighted by molar-refractivity contribution is -0.137. The lowest BCUT2D eigenvalue weighted by Gasteiger charge is -2.32. The molecule has 0 aliphatic carbocycles. The highest BCUT2D eigenvalue weighted by molar-refractivity contribution is 6.48. The van der Waals surface area contributed by atoms with E-state index >= 15 is 0 Å². The molecule has 4 nitrogen and oxygen atoms in total. The molecular formula is C15H20BClO4. The zero-order chi connectivity index (χ0) is 15.8. The summed E-state index contributed by atoms with van der Waals surface area (Å²) >= 11 is 6.02. The van der Waals surface area contributed by atoms with Crippen LogP contribution in [0.2, 0.25) is 5.02 Å². The molecule has 0 aromatic heterocycles. The van der Waals surface area contributed by atoms with E-state index < -0.39 is 30.1 Å². The van der Waals surface area contributed by atoms with Gasteiger partial charge in [0.1, 0.15) is 0 Å². The van der Waals surface area contributed by atoms with Crippen LogP contribution in [-0.2, 0) is 14.1 Å². The fourth-order valence-corrected chi connectivity index (χ4v) is 2.55. The molecule has 0 amide bonds. The summed E-state index contributed by atoms with van der Waals surface area (Å²) in [5.41, 5.74) is -0.177. The number of carbonyl (C=O) groups is 1. The summed E-state index contributed by atoms with van der Waals surface area (Å²) in [6.45, 7) is 7.79. The molecule has 2 rings (SSSR count). The van der Waals surface area contributed by atoms with Gasteiger partial charge in [-0.05, 0) is 45.4 Å². The number of rotatable bonds is 4. The maximum Gasteiger partial charge on any atom is 0.466 e. The summed E-state index contributed by atoms with van der Waals surface area (Å²) in [7, 11) is -0.607. The lowest BCUT2D eigenvalue weighted by Crippen LogP contribution is -2.41. The highest BCUT2D eigenvalue weighted by atomic mass is 35.5. The number of hydrogen-bond donors (Lipinski definition) is 1. The third-order valence-corrected chi connectivity index (χ3v) is 4.51. The summed E-state index contributed by atoms with van der Waals surface area (Å²) in [5.74, 6) is -1.29. The minimum absolute atomic E-state index is 0.0723. The Hall–Kier alpha value is -1.04. The van der Waals surface area contributed by atoms with Gasteiger partial charge in [-0.25, -0.2) is 0 Å². The van der Waals surface area contributed by atoms with E-state index in [9.17, 15) is 9.90 Å². The van der Waals surface area contributed by atoms with Gasteiger partial charge in [-0.3, -0.25) is 4.79 Å². The van der Waals surface area contributed by atoms with Gasteiger partial charge in [-0.1, -0.05) is 23.7 Å².